The molecule has 0 fully saturated rings. The predicted octanol–water partition coefficient (Wildman–Crippen LogP) is 3.37. The smallest absolute Gasteiger partial charge is 0.114 e. The fourth-order valence-corrected chi connectivity index (χ4v) is 2.85. The van der Waals surface area contributed by atoms with E-state index in [-0.39, 0.29) is 0 Å². The molecule has 1 heterocycles. The van der Waals surface area contributed by atoms with Gasteiger partial charge in [0.15, 0.2) is 0 Å². The minimum Gasteiger partial charge on any atom is -0.328 e. The van der Waals surface area contributed by atoms with Crippen molar-refractivity contribution in [2.45, 2.75) is 26.4 Å². The van der Waals surface area contributed by atoms with Crippen LogP contribution in [0.3, 0.4) is 0 Å². The molecule has 1 aromatic heterocycles. The van der Waals surface area contributed by atoms with E-state index in [2.05, 4.69) is 59.3 Å². The molecule has 0 atom stereocenters. The van der Waals surface area contributed by atoms with Gasteiger partial charge in [-0.15, -0.1) is 0 Å². The van der Waals surface area contributed by atoms with E-state index in [0.717, 1.165) is 30.9 Å². The van der Waals surface area contributed by atoms with Gasteiger partial charge in [0, 0.05) is 19.5 Å². The van der Waals surface area contributed by atoms with E-state index < -0.39 is 0 Å². The Bertz CT molecular complexity index is 743. The first-order valence-electron chi connectivity index (χ1n) is 7.48. The third kappa shape index (κ3) is 2.83. The van der Waals surface area contributed by atoms with Crippen molar-refractivity contribution in [2.75, 3.05) is 7.05 Å². The van der Waals surface area contributed by atoms with Crippen LogP contribution in [0.2, 0.25) is 0 Å². The fraction of sp³-hybridized carbons (Fsp3) is 0.278. The van der Waals surface area contributed by atoms with Gasteiger partial charge in [-0.2, -0.15) is 0 Å². The average Bonchev–Trinajstić information content (AvgIpc) is 2.85. The minimum atomic E-state index is 0.875. The number of fused-ring (bicyclic) bond motifs is 1. The van der Waals surface area contributed by atoms with Gasteiger partial charge in [-0.3, -0.25) is 0 Å². The first kappa shape index (κ1) is 13.8. The second-order valence-electron chi connectivity index (χ2n) is 5.29. The molecule has 3 nitrogen and oxygen atoms in total. The van der Waals surface area contributed by atoms with E-state index in [1.54, 1.807) is 0 Å². The molecule has 1 N–H and O–H groups in total. The van der Waals surface area contributed by atoms with Crippen LogP contribution in [0.1, 0.15) is 23.9 Å². The quantitative estimate of drug-likeness (QED) is 0.776. The Labute approximate surface area is 125 Å². The van der Waals surface area contributed by atoms with Crippen molar-refractivity contribution in [2.24, 2.45) is 0 Å². The van der Waals surface area contributed by atoms with Crippen molar-refractivity contribution in [3.05, 3.63) is 65.5 Å². The normalized spacial score (nSPS) is 11.1. The Balaban J connectivity index is 1.96. The van der Waals surface area contributed by atoms with Gasteiger partial charge in [-0.05, 0) is 37.2 Å². The number of hydrogen-bond donors (Lipinski definition) is 1. The van der Waals surface area contributed by atoms with E-state index in [9.17, 15) is 0 Å². The summed E-state index contributed by atoms with van der Waals surface area (Å²) in [5.74, 6) is 1.14. The molecule has 0 amide bonds. The molecule has 2 aromatic carbocycles. The number of nitrogens with zero attached hydrogens (tertiary/aromatic N) is 2. The molecule has 0 saturated carbocycles. The first-order valence-corrected chi connectivity index (χ1v) is 7.48. The van der Waals surface area contributed by atoms with Gasteiger partial charge in [-0.1, -0.05) is 36.4 Å². The fourth-order valence-electron chi connectivity index (χ4n) is 2.85. The third-order valence-corrected chi connectivity index (χ3v) is 3.78. The molecule has 0 unspecified atom stereocenters. The molecule has 3 heteroatoms. The zero-order valence-corrected chi connectivity index (χ0v) is 12.6. The molecule has 0 radical (unpaired) electrons. The summed E-state index contributed by atoms with van der Waals surface area (Å²) in [5, 5.41) is 3.20. The van der Waals surface area contributed by atoms with Crippen molar-refractivity contribution in [3.8, 4) is 0 Å². The second-order valence-corrected chi connectivity index (χ2v) is 5.29. The Hall–Kier alpha value is -2.13. The van der Waals surface area contributed by atoms with Crippen LogP contribution in [0, 0.1) is 0 Å². The summed E-state index contributed by atoms with van der Waals surface area (Å²) in [7, 11) is 1.98. The van der Waals surface area contributed by atoms with E-state index in [0.29, 0.717) is 0 Å². The van der Waals surface area contributed by atoms with Gasteiger partial charge in [-0.25, -0.2) is 4.98 Å². The van der Waals surface area contributed by atoms with Gasteiger partial charge in [0.25, 0.3) is 0 Å². The van der Waals surface area contributed by atoms with Crippen LogP contribution in [-0.4, -0.2) is 16.6 Å². The van der Waals surface area contributed by atoms with Crippen LogP contribution >= 0.6 is 0 Å². The zero-order valence-electron chi connectivity index (χ0n) is 12.6. The maximum atomic E-state index is 4.80. The molecule has 0 saturated heterocycles. The molecule has 108 valence electrons. The molecule has 0 aliphatic rings. The Kier molecular flexibility index (Phi) is 4.02. The SMILES string of the molecule is CCn1c(Cc2cccc(CNC)c2)nc2ccccc21. The molecule has 3 aromatic rings. The zero-order chi connectivity index (χ0) is 14.7. The van der Waals surface area contributed by atoms with Crippen LogP contribution in [-0.2, 0) is 19.5 Å². The number of aromatic nitrogens is 2. The topological polar surface area (TPSA) is 29.9 Å². The lowest BCUT2D eigenvalue weighted by atomic mass is 10.1. The maximum absolute atomic E-state index is 4.80. The summed E-state index contributed by atoms with van der Waals surface area (Å²) in [6.45, 7) is 4.03. The first-order chi connectivity index (χ1) is 10.3. The number of aryl methyl sites for hydroxylation is 1. The molecule has 0 bridgehead atoms. The summed E-state index contributed by atoms with van der Waals surface area (Å²) in [6.07, 6.45) is 0.875. The monoisotopic (exact) mass is 279 g/mol. The van der Waals surface area contributed by atoms with Gasteiger partial charge in [0.1, 0.15) is 5.82 Å². The Morgan fingerprint density at radius 2 is 1.86 bits per heavy atom. The number of nitrogens with one attached hydrogen (secondary N) is 1. The van der Waals surface area contributed by atoms with Gasteiger partial charge in [0.2, 0.25) is 0 Å². The van der Waals surface area contributed by atoms with Gasteiger partial charge in [0.05, 0.1) is 11.0 Å². The molecular weight excluding hydrogens is 258 g/mol. The van der Waals surface area contributed by atoms with Crippen LogP contribution in [0.15, 0.2) is 48.5 Å². The molecule has 3 rings (SSSR count). The molecular formula is C18H21N3. The van der Waals surface area contributed by atoms with Crippen LogP contribution in [0.4, 0.5) is 0 Å². The standard InChI is InChI=1S/C18H21N3/c1-3-21-17-10-5-4-9-16(17)20-18(21)12-14-7-6-8-15(11-14)13-19-2/h4-11,19H,3,12-13H2,1-2H3. The van der Waals surface area contributed by atoms with Crippen LogP contribution in [0.25, 0.3) is 11.0 Å². The van der Waals surface area contributed by atoms with E-state index in [1.807, 2.05) is 13.1 Å². The maximum Gasteiger partial charge on any atom is 0.114 e. The minimum absolute atomic E-state index is 0.875. The van der Waals surface area contributed by atoms with Crippen LogP contribution < -0.4 is 5.32 Å². The lowest BCUT2D eigenvalue weighted by Crippen LogP contribution is -2.06. The van der Waals surface area contributed by atoms with E-state index >= 15 is 0 Å². The van der Waals surface area contributed by atoms with Crippen molar-refractivity contribution < 1.29 is 0 Å². The molecule has 21 heavy (non-hydrogen) atoms. The highest BCUT2D eigenvalue weighted by atomic mass is 15.1. The number of imidazole rings is 1. The molecule has 0 spiro atoms. The lowest BCUT2D eigenvalue weighted by molar-refractivity contribution is 0.733. The summed E-state index contributed by atoms with van der Waals surface area (Å²) in [4.78, 5) is 4.80. The predicted molar refractivity (Wildman–Crippen MR) is 87.4 cm³/mol. The lowest BCUT2D eigenvalue weighted by Gasteiger charge is -2.07. The van der Waals surface area contributed by atoms with Crippen molar-refractivity contribution in [1.29, 1.82) is 0 Å². The van der Waals surface area contributed by atoms with Crippen molar-refractivity contribution >= 4 is 11.0 Å². The average molecular weight is 279 g/mol. The van der Waals surface area contributed by atoms with Gasteiger partial charge < -0.3 is 9.88 Å². The second kappa shape index (κ2) is 6.10. The van der Waals surface area contributed by atoms with Crippen molar-refractivity contribution in [3.63, 3.8) is 0 Å². The third-order valence-electron chi connectivity index (χ3n) is 3.78. The summed E-state index contributed by atoms with van der Waals surface area (Å²) < 4.78 is 2.31. The van der Waals surface area contributed by atoms with E-state index in [1.165, 1.54) is 16.6 Å². The number of para-hydroxylation sites is 2. The number of hydrogen-bond acceptors (Lipinski definition) is 2. The summed E-state index contributed by atoms with van der Waals surface area (Å²) in [6, 6.07) is 17.1. The highest BCUT2D eigenvalue weighted by Gasteiger charge is 2.09. The Morgan fingerprint density at radius 1 is 1.05 bits per heavy atom. The molecule has 0 aliphatic heterocycles. The number of rotatable bonds is 5. The highest BCUT2D eigenvalue weighted by molar-refractivity contribution is 5.76. The van der Waals surface area contributed by atoms with Crippen molar-refractivity contribution in [1.82, 2.24) is 14.9 Å². The molecule has 0 aliphatic carbocycles. The highest BCUT2D eigenvalue weighted by Crippen LogP contribution is 2.19. The largest absolute Gasteiger partial charge is 0.328 e. The summed E-state index contributed by atoms with van der Waals surface area (Å²) >= 11 is 0. The van der Waals surface area contributed by atoms with Gasteiger partial charge >= 0.3 is 0 Å². The van der Waals surface area contributed by atoms with Crippen LogP contribution in [0.5, 0.6) is 0 Å². The summed E-state index contributed by atoms with van der Waals surface area (Å²) in [5.41, 5.74) is 4.93. The Morgan fingerprint density at radius 3 is 2.67 bits per heavy atom. The number of benzene rings is 2. The van der Waals surface area contributed by atoms with E-state index in [4.69, 9.17) is 4.98 Å².